The molecule has 0 aliphatic rings. The Balaban J connectivity index is 1.72. The molecule has 1 aromatic heterocycles. The normalized spacial score (nSPS) is 9.38. The molecular weight excluding hydrogens is 266 g/mol. The molecule has 0 saturated heterocycles. The van der Waals surface area contributed by atoms with Crippen molar-refractivity contribution >= 4 is 6.09 Å². The predicted octanol–water partition coefficient (Wildman–Crippen LogP) is 2.06. The fourth-order valence-electron chi connectivity index (χ4n) is 1.55. The Bertz CT molecular complexity index is 660. The molecule has 1 N–H and O–H groups in total. The second-order valence-corrected chi connectivity index (χ2v) is 4.26. The monoisotopic (exact) mass is 281 g/mol. The zero-order valence-electron chi connectivity index (χ0n) is 11.7. The van der Waals surface area contributed by atoms with Gasteiger partial charge in [-0.05, 0) is 18.4 Å². The third-order valence-electron chi connectivity index (χ3n) is 2.51. The van der Waals surface area contributed by atoms with E-state index in [9.17, 15) is 4.79 Å². The van der Waals surface area contributed by atoms with Crippen molar-refractivity contribution in [3.63, 3.8) is 0 Å². The lowest BCUT2D eigenvalue weighted by atomic mass is 10.2. The van der Waals surface area contributed by atoms with Gasteiger partial charge in [0.25, 0.3) is 0 Å². The Morgan fingerprint density at radius 1 is 1.29 bits per heavy atom. The second kappa shape index (κ2) is 7.65. The van der Waals surface area contributed by atoms with Gasteiger partial charge in [0, 0.05) is 6.20 Å². The van der Waals surface area contributed by atoms with Crippen molar-refractivity contribution in [1.82, 2.24) is 15.3 Å². The van der Waals surface area contributed by atoms with Crippen LogP contribution >= 0.6 is 0 Å². The van der Waals surface area contributed by atoms with Crippen LogP contribution < -0.4 is 5.32 Å². The fraction of sp³-hybridized carbons (Fsp3) is 0.188. The lowest BCUT2D eigenvalue weighted by Crippen LogP contribution is -2.24. The van der Waals surface area contributed by atoms with Crippen LogP contribution in [0, 0.1) is 18.8 Å². The van der Waals surface area contributed by atoms with E-state index >= 15 is 0 Å². The summed E-state index contributed by atoms with van der Waals surface area (Å²) in [5.41, 5.74) is 2.32. The van der Waals surface area contributed by atoms with Crippen molar-refractivity contribution < 1.29 is 9.53 Å². The number of nitrogens with zero attached hydrogens (tertiary/aromatic N) is 2. The molecule has 0 saturated carbocycles. The number of aromatic nitrogens is 2. The van der Waals surface area contributed by atoms with E-state index in [0.717, 1.165) is 11.3 Å². The van der Waals surface area contributed by atoms with Gasteiger partial charge in [-0.1, -0.05) is 36.3 Å². The van der Waals surface area contributed by atoms with E-state index in [1.807, 2.05) is 37.3 Å². The number of hydrogen-bond donors (Lipinski definition) is 1. The average Bonchev–Trinajstić information content (AvgIpc) is 2.51. The molecule has 0 unspecified atom stereocenters. The maximum atomic E-state index is 11.5. The molecule has 5 heteroatoms. The molecule has 0 atom stereocenters. The SMILES string of the molecule is Cc1cncc(C#CCNC(=O)OCc2ccccc2)n1. The average molecular weight is 281 g/mol. The number of amides is 1. The van der Waals surface area contributed by atoms with Crippen LogP contribution in [-0.4, -0.2) is 22.6 Å². The van der Waals surface area contributed by atoms with E-state index < -0.39 is 6.09 Å². The number of benzene rings is 1. The topological polar surface area (TPSA) is 64.1 Å². The largest absolute Gasteiger partial charge is 0.445 e. The fourth-order valence-corrected chi connectivity index (χ4v) is 1.55. The van der Waals surface area contributed by atoms with E-state index in [-0.39, 0.29) is 13.2 Å². The van der Waals surface area contributed by atoms with Gasteiger partial charge in [0.1, 0.15) is 12.3 Å². The van der Waals surface area contributed by atoms with Gasteiger partial charge in [0.2, 0.25) is 0 Å². The van der Waals surface area contributed by atoms with Crippen LogP contribution in [0.15, 0.2) is 42.7 Å². The summed E-state index contributed by atoms with van der Waals surface area (Å²) in [6, 6.07) is 9.48. The van der Waals surface area contributed by atoms with Gasteiger partial charge < -0.3 is 10.1 Å². The highest BCUT2D eigenvalue weighted by atomic mass is 16.5. The lowest BCUT2D eigenvalue weighted by molar-refractivity contribution is 0.141. The van der Waals surface area contributed by atoms with E-state index in [4.69, 9.17) is 4.74 Å². The van der Waals surface area contributed by atoms with Crippen LogP contribution in [-0.2, 0) is 11.3 Å². The quantitative estimate of drug-likeness (QED) is 0.875. The number of hydrogen-bond acceptors (Lipinski definition) is 4. The summed E-state index contributed by atoms with van der Waals surface area (Å²) in [7, 11) is 0. The van der Waals surface area contributed by atoms with E-state index in [0.29, 0.717) is 5.69 Å². The molecule has 1 amide bonds. The highest BCUT2D eigenvalue weighted by Gasteiger charge is 2.00. The first-order chi connectivity index (χ1) is 10.2. The molecule has 1 aromatic carbocycles. The molecule has 2 aromatic rings. The minimum absolute atomic E-state index is 0.198. The Kier molecular flexibility index (Phi) is 5.30. The number of rotatable bonds is 3. The number of nitrogens with one attached hydrogen (secondary N) is 1. The number of alkyl carbamates (subject to hydrolysis) is 1. The third-order valence-corrected chi connectivity index (χ3v) is 2.51. The Morgan fingerprint density at radius 3 is 2.86 bits per heavy atom. The van der Waals surface area contributed by atoms with Gasteiger partial charge in [-0.2, -0.15) is 0 Å². The highest BCUT2D eigenvalue weighted by molar-refractivity contribution is 5.67. The molecule has 0 radical (unpaired) electrons. The Labute approximate surface area is 123 Å². The Morgan fingerprint density at radius 2 is 2.10 bits per heavy atom. The van der Waals surface area contributed by atoms with Crippen LogP contribution in [0.2, 0.25) is 0 Å². The molecule has 1 heterocycles. The molecule has 0 bridgehead atoms. The van der Waals surface area contributed by atoms with Crippen LogP contribution in [0.3, 0.4) is 0 Å². The zero-order chi connectivity index (χ0) is 14.9. The van der Waals surface area contributed by atoms with Gasteiger partial charge in [-0.15, -0.1) is 0 Å². The standard InChI is InChI=1S/C16H15N3O2/c1-13-10-17-11-15(19-13)8-5-9-18-16(20)21-12-14-6-3-2-4-7-14/h2-4,6-7,10-11H,9,12H2,1H3,(H,18,20). The number of carbonyl (C=O) groups is 1. The minimum Gasteiger partial charge on any atom is -0.445 e. The first-order valence-electron chi connectivity index (χ1n) is 6.46. The number of ether oxygens (including phenoxy) is 1. The molecule has 2 rings (SSSR count). The molecule has 0 aliphatic carbocycles. The van der Waals surface area contributed by atoms with Gasteiger partial charge in [0.05, 0.1) is 18.4 Å². The first kappa shape index (κ1) is 14.5. The number of aryl methyl sites for hydroxylation is 1. The van der Waals surface area contributed by atoms with Gasteiger partial charge >= 0.3 is 6.09 Å². The molecule has 0 fully saturated rings. The van der Waals surface area contributed by atoms with E-state index in [2.05, 4.69) is 27.1 Å². The lowest BCUT2D eigenvalue weighted by Gasteiger charge is -2.04. The molecule has 106 valence electrons. The van der Waals surface area contributed by atoms with Crippen molar-refractivity contribution in [2.75, 3.05) is 6.54 Å². The molecule has 5 nitrogen and oxygen atoms in total. The molecule has 0 aliphatic heterocycles. The maximum absolute atomic E-state index is 11.5. The van der Waals surface area contributed by atoms with E-state index in [1.54, 1.807) is 12.4 Å². The van der Waals surface area contributed by atoms with Crippen LogP contribution in [0.25, 0.3) is 0 Å². The molecule has 0 spiro atoms. The third kappa shape index (κ3) is 5.33. The van der Waals surface area contributed by atoms with Crippen molar-refractivity contribution in [1.29, 1.82) is 0 Å². The first-order valence-corrected chi connectivity index (χ1v) is 6.46. The van der Waals surface area contributed by atoms with E-state index in [1.165, 1.54) is 0 Å². The summed E-state index contributed by atoms with van der Waals surface area (Å²) < 4.78 is 5.05. The van der Waals surface area contributed by atoms with Crippen molar-refractivity contribution in [3.8, 4) is 11.8 Å². The summed E-state index contributed by atoms with van der Waals surface area (Å²) in [6.07, 6.45) is 2.74. The second-order valence-electron chi connectivity index (χ2n) is 4.26. The molecular formula is C16H15N3O2. The van der Waals surface area contributed by atoms with Crippen molar-refractivity contribution in [2.24, 2.45) is 0 Å². The van der Waals surface area contributed by atoms with Crippen molar-refractivity contribution in [3.05, 3.63) is 59.7 Å². The smallest absolute Gasteiger partial charge is 0.408 e. The van der Waals surface area contributed by atoms with Gasteiger partial charge in [-0.25, -0.2) is 9.78 Å². The summed E-state index contributed by atoms with van der Waals surface area (Å²) in [5, 5.41) is 2.55. The van der Waals surface area contributed by atoms with Gasteiger partial charge in [0.15, 0.2) is 0 Å². The maximum Gasteiger partial charge on any atom is 0.408 e. The number of carbonyl (C=O) groups excluding carboxylic acids is 1. The zero-order valence-corrected chi connectivity index (χ0v) is 11.7. The summed E-state index contributed by atoms with van der Waals surface area (Å²) in [5.74, 6) is 5.61. The van der Waals surface area contributed by atoms with Gasteiger partial charge in [-0.3, -0.25) is 4.98 Å². The van der Waals surface area contributed by atoms with Crippen molar-refractivity contribution in [2.45, 2.75) is 13.5 Å². The summed E-state index contributed by atoms with van der Waals surface area (Å²) in [6.45, 7) is 2.28. The van der Waals surface area contributed by atoms with Crippen LogP contribution in [0.1, 0.15) is 17.0 Å². The minimum atomic E-state index is -0.497. The predicted molar refractivity (Wildman–Crippen MR) is 78.3 cm³/mol. The van der Waals surface area contributed by atoms with Crippen LogP contribution in [0.5, 0.6) is 0 Å². The Hall–Kier alpha value is -2.87. The summed E-state index contributed by atoms with van der Waals surface area (Å²) in [4.78, 5) is 19.6. The highest BCUT2D eigenvalue weighted by Crippen LogP contribution is 2.00. The summed E-state index contributed by atoms with van der Waals surface area (Å²) >= 11 is 0. The molecule has 21 heavy (non-hydrogen) atoms. The van der Waals surface area contributed by atoms with Crippen LogP contribution in [0.4, 0.5) is 4.79 Å².